The highest BCUT2D eigenvalue weighted by Crippen LogP contribution is 2.19. The number of thioether (sulfide) groups is 1. The Kier molecular flexibility index (Phi) is 7.02. The Balaban J connectivity index is 1.45. The fourth-order valence-corrected chi connectivity index (χ4v) is 3.37. The second-order valence-electron chi connectivity index (χ2n) is 6.18. The first kappa shape index (κ1) is 20.6. The van der Waals surface area contributed by atoms with Crippen LogP contribution in [0.5, 0.6) is 0 Å². The third kappa shape index (κ3) is 6.18. The molecule has 29 heavy (non-hydrogen) atoms. The number of nitrogens with zero attached hydrogens (tertiary/aromatic N) is 2. The van der Waals surface area contributed by atoms with Crippen LogP contribution in [0.4, 0.5) is 10.2 Å². The van der Waals surface area contributed by atoms with E-state index < -0.39 is 11.9 Å². The molecule has 150 valence electrons. The summed E-state index contributed by atoms with van der Waals surface area (Å²) in [4.78, 5) is 24.9. The van der Waals surface area contributed by atoms with Gasteiger partial charge in [0.2, 0.25) is 0 Å². The largest absolute Gasteiger partial charge is 0.456 e. The lowest BCUT2D eigenvalue weighted by Gasteiger charge is -2.09. The van der Waals surface area contributed by atoms with Crippen LogP contribution in [0.15, 0.2) is 65.6 Å². The van der Waals surface area contributed by atoms with Crippen LogP contribution in [-0.2, 0) is 14.3 Å². The molecule has 0 unspecified atom stereocenters. The van der Waals surface area contributed by atoms with E-state index in [1.807, 2.05) is 37.3 Å². The van der Waals surface area contributed by atoms with Crippen molar-refractivity contribution in [1.29, 1.82) is 0 Å². The van der Waals surface area contributed by atoms with Gasteiger partial charge in [-0.15, -0.1) is 11.8 Å². The molecular formula is C21H20FN3O3S. The number of nitrogens with one attached hydrogen (secondary N) is 1. The quantitative estimate of drug-likeness (QED) is 0.447. The zero-order valence-electron chi connectivity index (χ0n) is 15.8. The molecule has 0 atom stereocenters. The number of ether oxygens (including phenoxy) is 1. The predicted octanol–water partition coefficient (Wildman–Crippen LogP) is 3.98. The zero-order chi connectivity index (χ0) is 20.6. The van der Waals surface area contributed by atoms with Crippen LogP contribution in [0, 0.1) is 12.7 Å². The highest BCUT2D eigenvalue weighted by Gasteiger charge is 2.13. The Hall–Kier alpha value is -3.13. The van der Waals surface area contributed by atoms with E-state index in [9.17, 15) is 14.0 Å². The molecule has 0 aliphatic heterocycles. The molecule has 0 radical (unpaired) electrons. The van der Waals surface area contributed by atoms with E-state index in [2.05, 4.69) is 10.4 Å². The maximum atomic E-state index is 12.9. The van der Waals surface area contributed by atoms with E-state index in [4.69, 9.17) is 4.74 Å². The van der Waals surface area contributed by atoms with Gasteiger partial charge in [0.15, 0.2) is 6.61 Å². The molecule has 2 aromatic carbocycles. The Labute approximate surface area is 172 Å². The first-order chi connectivity index (χ1) is 14.0. The molecule has 0 aliphatic rings. The Bertz CT molecular complexity index is 975. The molecule has 1 N–H and O–H groups in total. The third-order valence-electron chi connectivity index (χ3n) is 3.85. The van der Waals surface area contributed by atoms with Gasteiger partial charge in [0.1, 0.15) is 11.6 Å². The van der Waals surface area contributed by atoms with Crippen LogP contribution in [0.25, 0.3) is 5.69 Å². The van der Waals surface area contributed by atoms with Crippen molar-refractivity contribution in [2.75, 3.05) is 17.7 Å². The maximum Gasteiger partial charge on any atom is 0.307 e. The minimum Gasteiger partial charge on any atom is -0.456 e. The first-order valence-electron chi connectivity index (χ1n) is 8.97. The topological polar surface area (TPSA) is 73.2 Å². The highest BCUT2D eigenvalue weighted by molar-refractivity contribution is 7.99. The van der Waals surface area contributed by atoms with Crippen LogP contribution in [0.3, 0.4) is 0 Å². The second kappa shape index (κ2) is 9.88. The summed E-state index contributed by atoms with van der Waals surface area (Å²) >= 11 is 1.42. The first-order valence-corrected chi connectivity index (χ1v) is 9.96. The number of amides is 1. The number of para-hydroxylation sites is 1. The monoisotopic (exact) mass is 413 g/mol. The number of hydrogen-bond donors (Lipinski definition) is 1. The zero-order valence-corrected chi connectivity index (χ0v) is 16.6. The number of hydrogen-bond acceptors (Lipinski definition) is 5. The third-order valence-corrected chi connectivity index (χ3v) is 4.87. The number of anilines is 1. The van der Waals surface area contributed by atoms with Gasteiger partial charge in [-0.1, -0.05) is 18.2 Å². The molecule has 1 amide bonds. The van der Waals surface area contributed by atoms with E-state index >= 15 is 0 Å². The smallest absolute Gasteiger partial charge is 0.307 e. The van der Waals surface area contributed by atoms with Gasteiger partial charge < -0.3 is 10.1 Å². The summed E-state index contributed by atoms with van der Waals surface area (Å²) in [5.74, 6) is -0.235. The van der Waals surface area contributed by atoms with E-state index in [0.29, 0.717) is 11.6 Å². The van der Waals surface area contributed by atoms with Crippen LogP contribution in [0.2, 0.25) is 0 Å². The van der Waals surface area contributed by atoms with Crippen molar-refractivity contribution in [1.82, 2.24) is 9.78 Å². The van der Waals surface area contributed by atoms with Gasteiger partial charge in [0, 0.05) is 16.7 Å². The summed E-state index contributed by atoms with van der Waals surface area (Å²) in [6, 6.07) is 17.2. The predicted molar refractivity (Wildman–Crippen MR) is 110 cm³/mol. The molecule has 0 saturated heterocycles. The van der Waals surface area contributed by atoms with Gasteiger partial charge in [-0.25, -0.2) is 9.07 Å². The molecule has 6 nitrogen and oxygen atoms in total. The Morgan fingerprint density at radius 1 is 1.14 bits per heavy atom. The van der Waals surface area contributed by atoms with Crippen molar-refractivity contribution in [2.45, 2.75) is 18.2 Å². The summed E-state index contributed by atoms with van der Waals surface area (Å²) < 4.78 is 19.5. The molecule has 1 aromatic heterocycles. The molecule has 0 spiro atoms. The van der Waals surface area contributed by atoms with E-state index in [-0.39, 0.29) is 18.8 Å². The van der Waals surface area contributed by atoms with Gasteiger partial charge in [-0.2, -0.15) is 5.10 Å². The molecule has 0 saturated carbocycles. The number of halogens is 1. The molecule has 0 bridgehead atoms. The van der Waals surface area contributed by atoms with Gasteiger partial charge in [0.05, 0.1) is 17.8 Å². The van der Waals surface area contributed by atoms with Crippen molar-refractivity contribution in [3.05, 3.63) is 72.2 Å². The lowest BCUT2D eigenvalue weighted by molar-refractivity contribution is -0.146. The van der Waals surface area contributed by atoms with Crippen molar-refractivity contribution >= 4 is 29.5 Å². The molecule has 0 aliphatic carbocycles. The van der Waals surface area contributed by atoms with Gasteiger partial charge >= 0.3 is 5.97 Å². The average molecular weight is 413 g/mol. The minimum absolute atomic E-state index is 0.149. The average Bonchev–Trinajstić information content (AvgIpc) is 3.08. The fourth-order valence-electron chi connectivity index (χ4n) is 2.53. The number of benzene rings is 2. The number of carbonyl (C=O) groups excluding carboxylic acids is 2. The van der Waals surface area contributed by atoms with Crippen LogP contribution in [0.1, 0.15) is 12.1 Å². The normalized spacial score (nSPS) is 10.6. The van der Waals surface area contributed by atoms with Crippen LogP contribution in [-0.4, -0.2) is 34.0 Å². The summed E-state index contributed by atoms with van der Waals surface area (Å²) in [6.07, 6.45) is 0.149. The number of aromatic nitrogens is 2. The molecule has 3 rings (SSSR count). The SMILES string of the molecule is Cc1cc(NC(=O)COC(=O)CCSc2ccc(F)cc2)n(-c2ccccc2)n1. The second-order valence-corrected chi connectivity index (χ2v) is 7.35. The standard InChI is InChI=1S/C21H20FN3O3S/c1-15-13-19(25(24-15)17-5-3-2-4-6-17)23-20(26)14-28-21(27)11-12-29-18-9-7-16(22)8-10-18/h2-10,13H,11-12,14H2,1H3,(H,23,26). The van der Waals surface area contributed by atoms with E-state index in [0.717, 1.165) is 16.3 Å². The summed E-state index contributed by atoms with van der Waals surface area (Å²) in [5.41, 5.74) is 1.56. The van der Waals surface area contributed by atoms with Crippen LogP contribution < -0.4 is 5.32 Å². The minimum atomic E-state index is -0.470. The highest BCUT2D eigenvalue weighted by atomic mass is 32.2. The van der Waals surface area contributed by atoms with Crippen molar-refractivity contribution < 1.29 is 18.7 Å². The van der Waals surface area contributed by atoms with Gasteiger partial charge in [-0.05, 0) is 43.3 Å². The van der Waals surface area contributed by atoms with Crippen molar-refractivity contribution in [3.63, 3.8) is 0 Å². The summed E-state index contributed by atoms with van der Waals surface area (Å²) in [5, 5.41) is 7.09. The Morgan fingerprint density at radius 2 is 1.86 bits per heavy atom. The number of esters is 1. The summed E-state index contributed by atoms with van der Waals surface area (Å²) in [6.45, 7) is 1.45. The number of rotatable bonds is 8. The molecule has 0 fully saturated rings. The number of carbonyl (C=O) groups is 2. The van der Waals surface area contributed by atoms with Crippen molar-refractivity contribution in [3.8, 4) is 5.69 Å². The molecule has 3 aromatic rings. The maximum absolute atomic E-state index is 12.9. The van der Waals surface area contributed by atoms with Crippen LogP contribution >= 0.6 is 11.8 Å². The lowest BCUT2D eigenvalue weighted by Crippen LogP contribution is -2.22. The lowest BCUT2D eigenvalue weighted by atomic mass is 10.3. The molecular weight excluding hydrogens is 393 g/mol. The Morgan fingerprint density at radius 3 is 2.59 bits per heavy atom. The summed E-state index contributed by atoms with van der Waals surface area (Å²) in [7, 11) is 0. The van der Waals surface area contributed by atoms with Gasteiger partial charge in [-0.3, -0.25) is 9.59 Å². The van der Waals surface area contributed by atoms with Crippen molar-refractivity contribution in [2.24, 2.45) is 0 Å². The van der Waals surface area contributed by atoms with E-state index in [1.165, 1.54) is 23.9 Å². The number of aryl methyl sites for hydroxylation is 1. The molecule has 8 heteroatoms. The van der Waals surface area contributed by atoms with Gasteiger partial charge in [0.25, 0.3) is 5.91 Å². The van der Waals surface area contributed by atoms with E-state index in [1.54, 1.807) is 22.9 Å². The fraction of sp³-hybridized carbons (Fsp3) is 0.190. The molecule has 1 heterocycles.